The third kappa shape index (κ3) is 86.1. The lowest BCUT2D eigenvalue weighted by Crippen LogP contribution is -2.30. The van der Waals surface area contributed by atoms with Crippen LogP contribution in [0.4, 0.5) is 0 Å². The number of hydrogen-bond acceptors (Lipinski definition) is 14. The highest BCUT2D eigenvalue weighted by atomic mass is 31.2. The lowest BCUT2D eigenvalue weighted by Gasteiger charge is -2.21. The predicted molar refractivity (Wildman–Crippen MR) is 463 cm³/mol. The fourth-order valence-electron chi connectivity index (χ4n) is 11.8. The van der Waals surface area contributed by atoms with E-state index in [0.29, 0.717) is 19.3 Å². The molecule has 0 fully saturated rings. The van der Waals surface area contributed by atoms with Gasteiger partial charge in [-0.3, -0.25) is 32.5 Å². The molecule has 0 rings (SSSR count). The Morgan fingerprint density at radius 3 is 0.712 bits per heavy atom. The predicted octanol–water partition coefficient (Wildman–Crippen LogP) is 26.8. The van der Waals surface area contributed by atoms with Gasteiger partial charge in [-0.15, -0.1) is 0 Å². The van der Waals surface area contributed by atoms with Crippen LogP contribution >= 0.6 is 15.6 Å². The van der Waals surface area contributed by atoms with Crippen molar-refractivity contribution in [2.45, 2.75) is 386 Å². The lowest BCUT2D eigenvalue weighted by molar-refractivity contribution is -0.161. The standard InChI is InChI=1S/C93H160O16P2/c1-4-7-10-13-16-19-22-25-28-31-34-37-40-42-43-45-48-49-52-55-58-61-64-67-70-73-76-79-91(96)103-82-88(94)83-105-110(99,100)106-84-89(95)85-107-111(101,102)108-87-90(109-93(98)81-78-75-72-69-66-63-60-57-54-51-46-39-36-33-30-27-24-21-18-15-12-9-6-3)86-104-92(97)80-77-74-71-68-65-62-59-56-53-50-47-44-41-38-35-32-29-26-23-20-17-14-11-8-5-2/h16-21,25-30,34-39,42-44,47,51,54,88-90,94-95H,4-15,22-24,31-33,40-41,45-46,48-50,52-53,55-87H2,1-3H3,(H,99,100)(H,101,102)/b19-16-,20-17-,21-18-,28-25-,29-26-,30-27-,37-34-,38-35-,39-36-,43-42-,47-44-,54-51-. The van der Waals surface area contributed by atoms with E-state index >= 15 is 0 Å². The van der Waals surface area contributed by atoms with Crippen molar-refractivity contribution in [2.24, 2.45) is 0 Å². The highest BCUT2D eigenvalue weighted by molar-refractivity contribution is 7.47. The van der Waals surface area contributed by atoms with Gasteiger partial charge in [-0.25, -0.2) is 9.13 Å². The van der Waals surface area contributed by atoms with Gasteiger partial charge in [-0.2, -0.15) is 0 Å². The zero-order chi connectivity index (χ0) is 80.8. The second-order valence-electron chi connectivity index (χ2n) is 29.3. The molecule has 0 aromatic heterocycles. The summed E-state index contributed by atoms with van der Waals surface area (Å²) in [5, 5.41) is 20.7. The van der Waals surface area contributed by atoms with Gasteiger partial charge in [0.15, 0.2) is 6.10 Å². The van der Waals surface area contributed by atoms with Gasteiger partial charge in [0, 0.05) is 19.3 Å². The third-order valence-corrected chi connectivity index (χ3v) is 20.4. The monoisotopic (exact) mass is 1600 g/mol. The van der Waals surface area contributed by atoms with E-state index in [1.807, 2.05) is 0 Å². The fourth-order valence-corrected chi connectivity index (χ4v) is 13.3. The maximum atomic E-state index is 13.1. The normalized spacial score (nSPS) is 14.5. The van der Waals surface area contributed by atoms with E-state index in [1.54, 1.807) is 0 Å². The van der Waals surface area contributed by atoms with Crippen LogP contribution in [0.25, 0.3) is 0 Å². The molecule has 0 amide bonds. The fraction of sp³-hybridized carbons (Fsp3) is 0.710. The van der Waals surface area contributed by atoms with E-state index in [9.17, 15) is 43.5 Å². The summed E-state index contributed by atoms with van der Waals surface area (Å²) in [7, 11) is -9.81. The average Bonchev–Trinajstić information content (AvgIpc) is 0.897. The van der Waals surface area contributed by atoms with E-state index in [-0.39, 0.29) is 19.3 Å². The zero-order valence-electron chi connectivity index (χ0n) is 70.1. The second-order valence-corrected chi connectivity index (χ2v) is 32.2. The molecule has 5 unspecified atom stereocenters. The Morgan fingerprint density at radius 1 is 0.252 bits per heavy atom. The van der Waals surface area contributed by atoms with E-state index in [4.69, 9.17) is 32.3 Å². The summed E-state index contributed by atoms with van der Waals surface area (Å²) in [5.74, 6) is -1.59. The molecule has 0 saturated heterocycles. The Bertz CT molecular complexity index is 2600. The SMILES string of the molecule is CCCCC/C=C\C/C=C\C/C=C\C/C=C\CCCCCCCCCCCCCC(=O)OCC(O)COP(=O)(O)OCC(O)COP(=O)(O)OCC(COC(=O)CCCCCCCCCCC/C=C\C/C=C\C/C=C\C/C=C\CCCCC)OC(=O)CCCCCCCCC/C=C\C/C=C\C/C=C\C/C=C\CCCCC. The summed E-state index contributed by atoms with van der Waals surface area (Å²) in [5.41, 5.74) is 0. The number of hydrogen-bond donors (Lipinski definition) is 4. The van der Waals surface area contributed by atoms with Crippen LogP contribution in [-0.2, 0) is 55.8 Å². The van der Waals surface area contributed by atoms with Crippen LogP contribution in [0.5, 0.6) is 0 Å². The molecule has 16 nitrogen and oxygen atoms in total. The van der Waals surface area contributed by atoms with Crippen LogP contribution in [0.1, 0.15) is 367 Å². The molecule has 0 radical (unpaired) electrons. The number of phosphoric ester groups is 2. The number of ether oxygens (including phenoxy) is 3. The van der Waals surface area contributed by atoms with Gasteiger partial charge in [-0.05, 0) is 154 Å². The van der Waals surface area contributed by atoms with Gasteiger partial charge in [0.05, 0.1) is 26.4 Å². The van der Waals surface area contributed by atoms with Crippen molar-refractivity contribution in [1.29, 1.82) is 0 Å². The maximum Gasteiger partial charge on any atom is 0.472 e. The molecule has 0 saturated carbocycles. The van der Waals surface area contributed by atoms with Crippen molar-refractivity contribution in [3.05, 3.63) is 146 Å². The van der Waals surface area contributed by atoms with Crippen molar-refractivity contribution >= 4 is 33.6 Å². The second kappa shape index (κ2) is 84.8. The summed E-state index contributed by atoms with van der Waals surface area (Å²) < 4.78 is 61.4. The summed E-state index contributed by atoms with van der Waals surface area (Å²) in [6, 6.07) is 0. The number of aliphatic hydroxyl groups is 2. The van der Waals surface area contributed by atoms with Crippen molar-refractivity contribution in [1.82, 2.24) is 0 Å². The highest BCUT2D eigenvalue weighted by Crippen LogP contribution is 2.45. The molecule has 0 spiro atoms. The molecule has 0 aliphatic carbocycles. The van der Waals surface area contributed by atoms with Crippen LogP contribution in [0.3, 0.4) is 0 Å². The number of rotatable bonds is 83. The number of carbonyl (C=O) groups is 3. The van der Waals surface area contributed by atoms with Crippen molar-refractivity contribution in [2.75, 3.05) is 39.6 Å². The molecule has 638 valence electrons. The van der Waals surface area contributed by atoms with Gasteiger partial charge in [0.25, 0.3) is 0 Å². The van der Waals surface area contributed by atoms with E-state index in [1.165, 1.54) is 148 Å². The van der Waals surface area contributed by atoms with Gasteiger partial charge in [0.1, 0.15) is 25.4 Å². The topological polar surface area (TPSA) is 231 Å². The zero-order valence-corrected chi connectivity index (χ0v) is 71.9. The molecule has 0 bridgehead atoms. The van der Waals surface area contributed by atoms with E-state index in [0.717, 1.165) is 161 Å². The molecule has 0 aromatic carbocycles. The Kier molecular flexibility index (Phi) is 81.3. The lowest BCUT2D eigenvalue weighted by atomic mass is 10.0. The van der Waals surface area contributed by atoms with Crippen molar-refractivity contribution < 1.29 is 75.8 Å². The number of phosphoric acid groups is 2. The van der Waals surface area contributed by atoms with Crippen LogP contribution in [0, 0.1) is 0 Å². The molecule has 4 N–H and O–H groups in total. The van der Waals surface area contributed by atoms with E-state index in [2.05, 4.69) is 167 Å². The van der Waals surface area contributed by atoms with E-state index < -0.39 is 91.5 Å². The molecule has 18 heteroatoms. The largest absolute Gasteiger partial charge is 0.472 e. The van der Waals surface area contributed by atoms with Crippen molar-refractivity contribution in [3.8, 4) is 0 Å². The van der Waals surface area contributed by atoms with Crippen LogP contribution < -0.4 is 0 Å². The molecule has 0 aliphatic rings. The first kappa shape index (κ1) is 106. The first-order chi connectivity index (χ1) is 54.2. The van der Waals surface area contributed by atoms with Gasteiger partial charge < -0.3 is 34.2 Å². The Hall–Kier alpha value is -4.57. The summed E-state index contributed by atoms with van der Waals surface area (Å²) >= 11 is 0. The minimum absolute atomic E-state index is 0.0872. The van der Waals surface area contributed by atoms with Crippen LogP contribution in [-0.4, -0.2) is 95.9 Å². The quantitative estimate of drug-likeness (QED) is 0.0146. The highest BCUT2D eigenvalue weighted by Gasteiger charge is 2.29. The van der Waals surface area contributed by atoms with Crippen LogP contribution in [0.2, 0.25) is 0 Å². The number of aliphatic hydroxyl groups excluding tert-OH is 2. The average molecular weight is 1600 g/mol. The van der Waals surface area contributed by atoms with Crippen molar-refractivity contribution in [3.63, 3.8) is 0 Å². The summed E-state index contributed by atoms with van der Waals surface area (Å²) in [6.07, 6.45) is 106. The first-order valence-corrected chi connectivity index (χ1v) is 47.1. The number of allylic oxidation sites excluding steroid dienone is 24. The molecular weight excluding hydrogens is 1430 g/mol. The summed E-state index contributed by atoms with van der Waals surface area (Å²) in [6.45, 7) is 2.61. The molecule has 0 aromatic rings. The number of esters is 3. The maximum absolute atomic E-state index is 13.1. The Morgan fingerprint density at radius 2 is 0.450 bits per heavy atom. The first-order valence-electron chi connectivity index (χ1n) is 44.1. The van der Waals surface area contributed by atoms with Gasteiger partial charge in [-0.1, -0.05) is 340 Å². The minimum atomic E-state index is -4.95. The molecule has 111 heavy (non-hydrogen) atoms. The number of unbranched alkanes of at least 4 members (excludes halogenated alkanes) is 36. The smallest absolute Gasteiger partial charge is 0.463 e. The van der Waals surface area contributed by atoms with Gasteiger partial charge in [0.2, 0.25) is 0 Å². The summed E-state index contributed by atoms with van der Waals surface area (Å²) in [4.78, 5) is 58.9. The van der Waals surface area contributed by atoms with Gasteiger partial charge >= 0.3 is 33.6 Å². The molecular formula is C93H160O16P2. The molecule has 0 aliphatic heterocycles. The van der Waals surface area contributed by atoms with Crippen LogP contribution in [0.15, 0.2) is 146 Å². The third-order valence-electron chi connectivity index (χ3n) is 18.5. The molecule has 5 atom stereocenters. The number of carbonyl (C=O) groups excluding carboxylic acids is 3. The molecule has 0 heterocycles. The minimum Gasteiger partial charge on any atom is -0.463 e. The Balaban J connectivity index is 4.68. The Labute approximate surface area is 677 Å².